The molecule has 0 aromatic carbocycles. The van der Waals surface area contributed by atoms with Gasteiger partial charge >= 0.3 is 0 Å². The second-order valence-corrected chi connectivity index (χ2v) is 6.39. The van der Waals surface area contributed by atoms with Crippen LogP contribution in [0.4, 0.5) is 0 Å². The number of aliphatic hydroxyl groups excluding tert-OH is 1. The quantitative estimate of drug-likeness (QED) is 0.672. The molecule has 2 rings (SSSR count). The Morgan fingerprint density at radius 1 is 1.31 bits per heavy atom. The third-order valence-electron chi connectivity index (χ3n) is 5.08. The smallest absolute Gasteiger partial charge is 0.0574 e. The summed E-state index contributed by atoms with van der Waals surface area (Å²) in [6.07, 6.45) is 4.59. The number of allylic oxidation sites excluding steroid dienone is 1. The first-order valence-electron chi connectivity index (χ1n) is 6.86. The Balaban J connectivity index is 2.14. The average Bonchev–Trinajstić information content (AvgIpc) is 2.23. The van der Waals surface area contributed by atoms with Crippen molar-refractivity contribution >= 4 is 0 Å². The van der Waals surface area contributed by atoms with Crippen molar-refractivity contribution in [2.45, 2.75) is 52.6 Å². The van der Waals surface area contributed by atoms with Crippen LogP contribution < -0.4 is 0 Å². The highest BCUT2D eigenvalue weighted by Crippen LogP contribution is 2.48. The van der Waals surface area contributed by atoms with Crippen LogP contribution in [0.25, 0.3) is 0 Å². The van der Waals surface area contributed by atoms with Crippen LogP contribution in [0.2, 0.25) is 0 Å². The molecule has 1 heteroatoms. The van der Waals surface area contributed by atoms with Crippen LogP contribution in [0, 0.1) is 29.6 Å². The molecule has 1 nitrogen and oxygen atoms in total. The molecule has 0 heterocycles. The van der Waals surface area contributed by atoms with Gasteiger partial charge in [-0.3, -0.25) is 0 Å². The Morgan fingerprint density at radius 2 is 2.00 bits per heavy atom. The summed E-state index contributed by atoms with van der Waals surface area (Å²) in [5, 5.41) is 10.3. The lowest BCUT2D eigenvalue weighted by molar-refractivity contribution is -0.0195. The molecule has 92 valence electrons. The minimum Gasteiger partial charge on any atom is -0.393 e. The van der Waals surface area contributed by atoms with E-state index in [0.717, 1.165) is 12.3 Å². The largest absolute Gasteiger partial charge is 0.393 e. The van der Waals surface area contributed by atoms with Gasteiger partial charge in [0.25, 0.3) is 0 Å². The Kier molecular flexibility index (Phi) is 3.44. The summed E-state index contributed by atoms with van der Waals surface area (Å²) in [5.74, 6) is 3.26. The fourth-order valence-electron chi connectivity index (χ4n) is 3.87. The van der Waals surface area contributed by atoms with E-state index in [9.17, 15) is 5.11 Å². The topological polar surface area (TPSA) is 20.2 Å². The van der Waals surface area contributed by atoms with Crippen molar-refractivity contribution in [1.29, 1.82) is 0 Å². The Hall–Kier alpha value is -0.300. The maximum absolute atomic E-state index is 10.3. The van der Waals surface area contributed by atoms with Gasteiger partial charge in [-0.05, 0) is 55.3 Å². The van der Waals surface area contributed by atoms with Gasteiger partial charge in [0.05, 0.1) is 6.10 Å². The second-order valence-electron chi connectivity index (χ2n) is 6.39. The summed E-state index contributed by atoms with van der Waals surface area (Å²) in [6.45, 7) is 11.1. The Morgan fingerprint density at radius 3 is 2.62 bits per heavy atom. The Labute approximate surface area is 99.9 Å². The molecule has 0 aromatic rings. The first kappa shape index (κ1) is 12.2. The van der Waals surface area contributed by atoms with Crippen molar-refractivity contribution in [3.8, 4) is 0 Å². The minimum absolute atomic E-state index is 0.0744. The molecule has 5 atom stereocenters. The molecule has 0 radical (unpaired) electrons. The van der Waals surface area contributed by atoms with E-state index < -0.39 is 0 Å². The molecule has 0 amide bonds. The number of hydrogen-bond acceptors (Lipinski definition) is 1. The van der Waals surface area contributed by atoms with E-state index in [1.807, 2.05) is 0 Å². The number of hydrogen-bond donors (Lipinski definition) is 1. The first-order chi connectivity index (χ1) is 7.50. The van der Waals surface area contributed by atoms with Gasteiger partial charge in [0.15, 0.2) is 0 Å². The molecule has 2 aliphatic rings. The van der Waals surface area contributed by atoms with Gasteiger partial charge < -0.3 is 5.11 Å². The Bertz CT molecular complexity index is 269. The van der Waals surface area contributed by atoms with E-state index in [4.69, 9.17) is 0 Å². The van der Waals surface area contributed by atoms with Gasteiger partial charge in [0, 0.05) is 0 Å². The highest BCUT2D eigenvalue weighted by atomic mass is 16.3. The van der Waals surface area contributed by atoms with E-state index in [0.29, 0.717) is 23.7 Å². The first-order valence-corrected chi connectivity index (χ1v) is 6.86. The standard InChI is InChI=1S/C15H26O/c1-9(2)12-7-13-10(3)5-6-11(4)14(13)8-15(12)16/h9,11-16H,3,5-8H2,1-2,4H3/t11-,12-,13?,14?,15-/m1/s1. The van der Waals surface area contributed by atoms with Gasteiger partial charge in [0.1, 0.15) is 0 Å². The number of rotatable bonds is 1. The van der Waals surface area contributed by atoms with Crippen LogP contribution in [0.3, 0.4) is 0 Å². The maximum atomic E-state index is 10.3. The third kappa shape index (κ3) is 2.07. The third-order valence-corrected chi connectivity index (χ3v) is 5.08. The molecule has 0 saturated heterocycles. The summed E-state index contributed by atoms with van der Waals surface area (Å²) in [5.41, 5.74) is 1.46. The van der Waals surface area contributed by atoms with Gasteiger partial charge in [0.2, 0.25) is 0 Å². The molecule has 0 aliphatic heterocycles. The fraction of sp³-hybridized carbons (Fsp3) is 0.867. The van der Waals surface area contributed by atoms with Crippen molar-refractivity contribution in [2.24, 2.45) is 29.6 Å². The van der Waals surface area contributed by atoms with Crippen molar-refractivity contribution in [1.82, 2.24) is 0 Å². The zero-order valence-corrected chi connectivity index (χ0v) is 10.9. The zero-order chi connectivity index (χ0) is 11.9. The van der Waals surface area contributed by atoms with Crippen molar-refractivity contribution in [3.63, 3.8) is 0 Å². The number of aliphatic hydroxyl groups is 1. The lowest BCUT2D eigenvalue weighted by Gasteiger charge is -2.47. The molecule has 16 heavy (non-hydrogen) atoms. The SMILES string of the molecule is C=C1CC[C@@H](C)C2C[C@@H](O)[C@@H](C(C)C)CC12. The van der Waals surface area contributed by atoms with Crippen LogP contribution in [-0.4, -0.2) is 11.2 Å². The number of fused-ring (bicyclic) bond motifs is 1. The molecular formula is C15H26O. The van der Waals surface area contributed by atoms with E-state index in [2.05, 4.69) is 27.4 Å². The summed E-state index contributed by atoms with van der Waals surface area (Å²) in [7, 11) is 0. The molecule has 0 bridgehead atoms. The van der Waals surface area contributed by atoms with Crippen LogP contribution in [0.5, 0.6) is 0 Å². The molecule has 2 saturated carbocycles. The molecule has 1 N–H and O–H groups in total. The van der Waals surface area contributed by atoms with Crippen LogP contribution >= 0.6 is 0 Å². The second kappa shape index (κ2) is 4.52. The molecular weight excluding hydrogens is 196 g/mol. The van der Waals surface area contributed by atoms with E-state index in [1.165, 1.54) is 24.8 Å². The van der Waals surface area contributed by atoms with E-state index in [-0.39, 0.29) is 6.10 Å². The normalized spacial score (nSPS) is 44.6. The van der Waals surface area contributed by atoms with Crippen LogP contribution in [-0.2, 0) is 0 Å². The van der Waals surface area contributed by atoms with E-state index in [1.54, 1.807) is 0 Å². The van der Waals surface area contributed by atoms with Crippen molar-refractivity contribution in [3.05, 3.63) is 12.2 Å². The summed E-state index contributed by atoms with van der Waals surface area (Å²) < 4.78 is 0. The predicted molar refractivity (Wildman–Crippen MR) is 68.1 cm³/mol. The molecule has 0 aromatic heterocycles. The average molecular weight is 222 g/mol. The maximum Gasteiger partial charge on any atom is 0.0574 e. The van der Waals surface area contributed by atoms with Gasteiger partial charge in [-0.15, -0.1) is 0 Å². The zero-order valence-electron chi connectivity index (χ0n) is 10.9. The molecule has 2 fully saturated rings. The van der Waals surface area contributed by atoms with Gasteiger partial charge in [-0.1, -0.05) is 32.9 Å². The highest BCUT2D eigenvalue weighted by Gasteiger charge is 2.42. The predicted octanol–water partition coefficient (Wildman–Crippen LogP) is 3.63. The van der Waals surface area contributed by atoms with Crippen molar-refractivity contribution < 1.29 is 5.11 Å². The van der Waals surface area contributed by atoms with Crippen LogP contribution in [0.15, 0.2) is 12.2 Å². The van der Waals surface area contributed by atoms with Gasteiger partial charge in [-0.25, -0.2) is 0 Å². The summed E-state index contributed by atoms with van der Waals surface area (Å²) in [4.78, 5) is 0. The highest BCUT2D eigenvalue weighted by molar-refractivity contribution is 5.10. The molecule has 0 spiro atoms. The fourth-order valence-corrected chi connectivity index (χ4v) is 3.87. The minimum atomic E-state index is -0.0744. The van der Waals surface area contributed by atoms with E-state index >= 15 is 0 Å². The van der Waals surface area contributed by atoms with Crippen LogP contribution in [0.1, 0.15) is 46.5 Å². The lowest BCUT2D eigenvalue weighted by Crippen LogP contribution is -2.42. The lowest BCUT2D eigenvalue weighted by atomic mass is 9.59. The summed E-state index contributed by atoms with van der Waals surface area (Å²) >= 11 is 0. The van der Waals surface area contributed by atoms with Crippen molar-refractivity contribution in [2.75, 3.05) is 0 Å². The monoisotopic (exact) mass is 222 g/mol. The molecule has 2 aliphatic carbocycles. The van der Waals surface area contributed by atoms with Gasteiger partial charge in [-0.2, -0.15) is 0 Å². The summed E-state index contributed by atoms with van der Waals surface area (Å²) in [6, 6.07) is 0. The molecule has 2 unspecified atom stereocenters.